The molecule has 0 spiro atoms. The van der Waals surface area contributed by atoms with E-state index in [1.807, 2.05) is 78.9 Å². The van der Waals surface area contributed by atoms with Crippen molar-refractivity contribution >= 4 is 34.5 Å². The van der Waals surface area contributed by atoms with Crippen molar-refractivity contribution in [1.82, 2.24) is 9.78 Å². The number of rotatable bonds is 6. The van der Waals surface area contributed by atoms with Gasteiger partial charge in [0.1, 0.15) is 17.2 Å². The van der Waals surface area contributed by atoms with Gasteiger partial charge in [0, 0.05) is 11.9 Å². The Labute approximate surface area is 199 Å². The third kappa shape index (κ3) is 4.82. The molecule has 5 rings (SSSR count). The third-order valence-corrected chi connectivity index (χ3v) is 6.12. The molecule has 2 aromatic heterocycles. The van der Waals surface area contributed by atoms with Gasteiger partial charge in [-0.15, -0.1) is 11.3 Å². The van der Waals surface area contributed by atoms with Gasteiger partial charge >= 0.3 is 0 Å². The molecule has 1 N–H and O–H groups in total. The molecule has 0 unspecified atom stereocenters. The molecule has 0 bridgehead atoms. The van der Waals surface area contributed by atoms with Crippen molar-refractivity contribution in [2.24, 2.45) is 0 Å². The van der Waals surface area contributed by atoms with E-state index in [1.54, 1.807) is 29.1 Å². The summed E-state index contributed by atoms with van der Waals surface area (Å²) in [4.78, 5) is 14.0. The summed E-state index contributed by atoms with van der Waals surface area (Å²) in [6, 6.07) is 30.1. The number of benzene rings is 3. The Hall–Kier alpha value is -3.87. The molecule has 7 heteroatoms. The van der Waals surface area contributed by atoms with Gasteiger partial charge in [-0.3, -0.25) is 4.79 Å². The summed E-state index contributed by atoms with van der Waals surface area (Å²) >= 11 is 7.52. The Balaban J connectivity index is 1.40. The highest BCUT2D eigenvalue weighted by molar-refractivity contribution is 7.19. The molecule has 162 valence electrons. The Morgan fingerprint density at radius 2 is 1.52 bits per heavy atom. The van der Waals surface area contributed by atoms with Crippen molar-refractivity contribution in [3.63, 3.8) is 0 Å². The van der Waals surface area contributed by atoms with E-state index < -0.39 is 0 Å². The smallest absolute Gasteiger partial charge is 0.259 e. The molecule has 0 atom stereocenters. The molecule has 0 aliphatic carbocycles. The van der Waals surface area contributed by atoms with Crippen LogP contribution in [0.25, 0.3) is 16.3 Å². The van der Waals surface area contributed by atoms with Crippen LogP contribution in [-0.2, 0) is 0 Å². The van der Waals surface area contributed by atoms with Gasteiger partial charge in [0.05, 0.1) is 20.5 Å². The third-order valence-electron chi connectivity index (χ3n) is 4.88. The van der Waals surface area contributed by atoms with Gasteiger partial charge in [-0.2, -0.15) is 5.10 Å². The minimum atomic E-state index is -0.256. The second kappa shape index (κ2) is 9.32. The molecule has 0 radical (unpaired) electrons. The van der Waals surface area contributed by atoms with Gasteiger partial charge in [0.25, 0.3) is 5.91 Å². The van der Waals surface area contributed by atoms with Crippen LogP contribution in [-0.4, -0.2) is 15.7 Å². The Morgan fingerprint density at radius 3 is 2.18 bits per heavy atom. The fourth-order valence-electron chi connectivity index (χ4n) is 3.31. The molecule has 5 nitrogen and oxygen atoms in total. The highest BCUT2D eigenvalue weighted by atomic mass is 35.5. The van der Waals surface area contributed by atoms with E-state index in [9.17, 15) is 4.79 Å². The fraction of sp³-hybridized carbons (Fsp3) is 0. The van der Waals surface area contributed by atoms with Crippen molar-refractivity contribution in [1.29, 1.82) is 0 Å². The fourth-order valence-corrected chi connectivity index (χ4v) is 4.35. The zero-order valence-corrected chi connectivity index (χ0v) is 18.9. The number of carbonyl (C=O) groups excluding carboxylic acids is 1. The molecule has 3 aromatic carbocycles. The number of anilines is 1. The highest BCUT2D eigenvalue weighted by Crippen LogP contribution is 2.33. The van der Waals surface area contributed by atoms with Gasteiger partial charge < -0.3 is 10.1 Å². The van der Waals surface area contributed by atoms with Crippen LogP contribution in [0, 0.1) is 0 Å². The zero-order chi connectivity index (χ0) is 22.6. The van der Waals surface area contributed by atoms with Crippen molar-refractivity contribution in [2.45, 2.75) is 0 Å². The summed E-state index contributed by atoms with van der Waals surface area (Å²) in [5.74, 6) is 1.18. The number of aromatic nitrogens is 2. The van der Waals surface area contributed by atoms with Gasteiger partial charge in [-0.25, -0.2) is 4.68 Å². The van der Waals surface area contributed by atoms with E-state index in [-0.39, 0.29) is 5.91 Å². The summed E-state index contributed by atoms with van der Waals surface area (Å²) in [6.45, 7) is 0. The minimum Gasteiger partial charge on any atom is -0.457 e. The first-order valence-corrected chi connectivity index (χ1v) is 11.4. The molecule has 0 fully saturated rings. The summed E-state index contributed by atoms with van der Waals surface area (Å²) in [5.41, 5.74) is 2.56. The standard InChI is InChI=1S/C26H18ClN3O2S/c27-24-16-15-23(33-24)25-22(17-30(29-25)19-7-3-1-4-8-19)26(31)28-18-11-13-21(14-12-18)32-20-9-5-2-6-10-20/h1-17H,(H,28,31). The lowest BCUT2D eigenvalue weighted by molar-refractivity contribution is 0.102. The summed E-state index contributed by atoms with van der Waals surface area (Å²) in [5, 5.41) is 7.63. The lowest BCUT2D eigenvalue weighted by Crippen LogP contribution is -2.12. The topological polar surface area (TPSA) is 56.1 Å². The summed E-state index contributed by atoms with van der Waals surface area (Å²) in [6.07, 6.45) is 1.74. The van der Waals surface area contributed by atoms with Crippen LogP contribution >= 0.6 is 22.9 Å². The number of hydrogen-bond donors (Lipinski definition) is 1. The van der Waals surface area contributed by atoms with E-state index >= 15 is 0 Å². The maximum absolute atomic E-state index is 13.2. The van der Waals surface area contributed by atoms with Crippen LogP contribution < -0.4 is 10.1 Å². The molecule has 0 aliphatic heterocycles. The van der Waals surface area contributed by atoms with E-state index in [1.165, 1.54) is 11.3 Å². The van der Waals surface area contributed by atoms with E-state index in [4.69, 9.17) is 16.3 Å². The maximum atomic E-state index is 13.2. The molecule has 0 saturated heterocycles. The lowest BCUT2D eigenvalue weighted by Gasteiger charge is -2.08. The van der Waals surface area contributed by atoms with Crippen molar-refractivity contribution in [3.05, 3.63) is 113 Å². The minimum absolute atomic E-state index is 0.256. The summed E-state index contributed by atoms with van der Waals surface area (Å²) in [7, 11) is 0. The van der Waals surface area contributed by atoms with E-state index in [0.29, 0.717) is 27.0 Å². The van der Waals surface area contributed by atoms with Crippen molar-refractivity contribution < 1.29 is 9.53 Å². The van der Waals surface area contributed by atoms with Crippen LogP contribution in [0.4, 0.5) is 5.69 Å². The van der Waals surface area contributed by atoms with Crippen LogP contribution in [0.15, 0.2) is 103 Å². The first-order valence-electron chi connectivity index (χ1n) is 10.2. The predicted octanol–water partition coefficient (Wildman–Crippen LogP) is 7.30. The molecule has 0 saturated carbocycles. The molecule has 2 heterocycles. The Kier molecular flexibility index (Phi) is 5.93. The number of para-hydroxylation sites is 2. The molecular weight excluding hydrogens is 454 g/mol. The average Bonchev–Trinajstić information content (AvgIpc) is 3.48. The second-order valence-corrected chi connectivity index (χ2v) is 8.88. The largest absolute Gasteiger partial charge is 0.457 e. The van der Waals surface area contributed by atoms with Crippen LogP contribution in [0.2, 0.25) is 4.34 Å². The molecule has 5 aromatic rings. The molecular formula is C26H18ClN3O2S. The molecule has 1 amide bonds. The first kappa shape index (κ1) is 21.0. The lowest BCUT2D eigenvalue weighted by atomic mass is 10.2. The number of ether oxygens (including phenoxy) is 1. The number of amides is 1. The van der Waals surface area contributed by atoms with E-state index in [0.717, 1.165) is 16.3 Å². The van der Waals surface area contributed by atoms with Gasteiger partial charge in [-0.05, 0) is 60.7 Å². The van der Waals surface area contributed by atoms with Gasteiger partial charge in [0.2, 0.25) is 0 Å². The van der Waals surface area contributed by atoms with Gasteiger partial charge in [-0.1, -0.05) is 48.0 Å². The van der Waals surface area contributed by atoms with Crippen LogP contribution in [0.1, 0.15) is 10.4 Å². The molecule has 33 heavy (non-hydrogen) atoms. The monoisotopic (exact) mass is 471 g/mol. The highest BCUT2D eigenvalue weighted by Gasteiger charge is 2.20. The van der Waals surface area contributed by atoms with Gasteiger partial charge in [0.15, 0.2) is 0 Å². The number of halogens is 1. The van der Waals surface area contributed by atoms with Crippen LogP contribution in [0.3, 0.4) is 0 Å². The SMILES string of the molecule is O=C(Nc1ccc(Oc2ccccc2)cc1)c1cn(-c2ccccc2)nc1-c1ccc(Cl)s1. The molecule has 0 aliphatic rings. The number of nitrogens with zero attached hydrogens (tertiary/aromatic N) is 2. The number of carbonyl (C=O) groups is 1. The first-order chi connectivity index (χ1) is 16.2. The number of thiophene rings is 1. The Morgan fingerprint density at radius 1 is 0.848 bits per heavy atom. The predicted molar refractivity (Wildman–Crippen MR) is 133 cm³/mol. The normalized spacial score (nSPS) is 10.7. The number of hydrogen-bond acceptors (Lipinski definition) is 4. The van der Waals surface area contributed by atoms with Crippen molar-refractivity contribution in [3.8, 4) is 27.8 Å². The zero-order valence-electron chi connectivity index (χ0n) is 17.3. The Bertz CT molecular complexity index is 1380. The maximum Gasteiger partial charge on any atom is 0.259 e. The quantitative estimate of drug-likeness (QED) is 0.282. The average molecular weight is 472 g/mol. The second-order valence-electron chi connectivity index (χ2n) is 7.17. The number of nitrogens with one attached hydrogen (secondary N) is 1. The van der Waals surface area contributed by atoms with Crippen LogP contribution in [0.5, 0.6) is 11.5 Å². The van der Waals surface area contributed by atoms with Crippen molar-refractivity contribution in [2.75, 3.05) is 5.32 Å². The summed E-state index contributed by atoms with van der Waals surface area (Å²) < 4.78 is 8.16. The van der Waals surface area contributed by atoms with E-state index in [2.05, 4.69) is 10.4 Å².